The van der Waals surface area contributed by atoms with E-state index in [1.54, 1.807) is 4.90 Å². The van der Waals surface area contributed by atoms with Crippen molar-refractivity contribution in [2.24, 2.45) is 5.73 Å². The summed E-state index contributed by atoms with van der Waals surface area (Å²) in [6, 6.07) is 1.66. The van der Waals surface area contributed by atoms with Gasteiger partial charge in [-0.15, -0.1) is 0 Å². The van der Waals surface area contributed by atoms with Crippen LogP contribution in [0.4, 0.5) is 0 Å². The molecule has 2 fully saturated rings. The third-order valence-corrected chi connectivity index (χ3v) is 7.09. The number of likely N-dealkylation sites (tertiary alicyclic amines) is 1. The summed E-state index contributed by atoms with van der Waals surface area (Å²) in [5, 5.41) is 8.90. The van der Waals surface area contributed by atoms with Crippen LogP contribution < -0.4 is 10.5 Å². The Bertz CT molecular complexity index is 594. The van der Waals surface area contributed by atoms with Crippen LogP contribution in [0, 0.1) is 11.3 Å². The van der Waals surface area contributed by atoms with Gasteiger partial charge in [0.2, 0.25) is 10.0 Å². The molecule has 3 atom stereocenters. The van der Waals surface area contributed by atoms with Crippen LogP contribution in [0.1, 0.15) is 64.7 Å². The molecule has 0 amide bonds. The van der Waals surface area contributed by atoms with Crippen molar-refractivity contribution in [3.05, 3.63) is 0 Å². The largest absolute Gasteiger partial charge is 0.328 e. The second kappa shape index (κ2) is 9.08. The van der Waals surface area contributed by atoms with E-state index >= 15 is 0 Å². The van der Waals surface area contributed by atoms with E-state index in [9.17, 15) is 18.5 Å². The van der Waals surface area contributed by atoms with Gasteiger partial charge in [0.25, 0.3) is 0 Å². The van der Waals surface area contributed by atoms with Crippen molar-refractivity contribution in [1.29, 1.82) is 5.26 Å². The summed E-state index contributed by atoms with van der Waals surface area (Å²) in [5.74, 6) is -0.196. The molecule has 25 heavy (non-hydrogen) atoms. The molecule has 1 saturated heterocycles. The van der Waals surface area contributed by atoms with Gasteiger partial charge in [-0.1, -0.05) is 19.3 Å². The number of Topliss-reactive ketones (excluding diaryl/α,β-unsaturated/α-hetero) is 1. The van der Waals surface area contributed by atoms with Gasteiger partial charge in [-0.3, -0.25) is 9.69 Å². The number of rotatable bonds is 8. The smallest absolute Gasteiger partial charge is 0.216 e. The fraction of sp³-hybridized carbons (Fsp3) is 0.882. The van der Waals surface area contributed by atoms with E-state index in [-0.39, 0.29) is 18.2 Å². The molecule has 7 nitrogen and oxygen atoms in total. The van der Waals surface area contributed by atoms with Crippen molar-refractivity contribution in [2.75, 3.05) is 6.54 Å². The summed E-state index contributed by atoms with van der Waals surface area (Å²) in [7, 11) is -3.59. The number of sulfonamides is 1. The highest BCUT2D eigenvalue weighted by atomic mass is 32.2. The molecule has 0 aromatic rings. The van der Waals surface area contributed by atoms with Crippen LogP contribution in [0.2, 0.25) is 0 Å². The van der Waals surface area contributed by atoms with E-state index in [0.29, 0.717) is 32.2 Å². The van der Waals surface area contributed by atoms with Crippen LogP contribution in [0.3, 0.4) is 0 Å². The Morgan fingerprint density at radius 1 is 1.28 bits per heavy atom. The molecule has 1 saturated carbocycles. The summed E-state index contributed by atoms with van der Waals surface area (Å²) in [6.07, 6.45) is 5.37. The van der Waals surface area contributed by atoms with Gasteiger partial charge in [0.15, 0.2) is 5.78 Å². The maximum absolute atomic E-state index is 12.8. The van der Waals surface area contributed by atoms with Gasteiger partial charge in [0.05, 0.1) is 17.4 Å². The minimum Gasteiger partial charge on any atom is -0.328 e. The van der Waals surface area contributed by atoms with E-state index in [2.05, 4.69) is 10.8 Å². The molecule has 1 aliphatic heterocycles. The van der Waals surface area contributed by atoms with Crippen molar-refractivity contribution in [3.8, 4) is 6.07 Å². The zero-order valence-corrected chi connectivity index (χ0v) is 15.8. The number of ketones is 1. The summed E-state index contributed by atoms with van der Waals surface area (Å²) < 4.78 is 28.2. The van der Waals surface area contributed by atoms with E-state index in [1.807, 2.05) is 6.92 Å². The summed E-state index contributed by atoms with van der Waals surface area (Å²) in [5.41, 5.74) is 5.74. The Morgan fingerprint density at radius 2 is 1.96 bits per heavy atom. The van der Waals surface area contributed by atoms with Crippen LogP contribution in [-0.4, -0.2) is 49.1 Å². The standard InChI is InChI=1S/C17H30N4O3S/c1-13(19)9-10-16(22)17(21-11-5-6-14(21)12-18)20-25(23,24)15-7-3-2-4-8-15/h13-15,17,20H,2-11,19H2,1H3/t13-,14-,17?/m0/s1. The quantitative estimate of drug-likeness (QED) is 0.664. The lowest BCUT2D eigenvalue weighted by atomic mass is 10.0. The molecule has 1 aliphatic carbocycles. The normalized spacial score (nSPS) is 25.4. The molecule has 2 rings (SSSR count). The molecule has 0 bridgehead atoms. The minimum absolute atomic E-state index is 0.120. The van der Waals surface area contributed by atoms with Gasteiger partial charge in [-0.2, -0.15) is 9.98 Å². The Hall–Kier alpha value is -1.01. The Labute approximate surface area is 151 Å². The predicted molar refractivity (Wildman–Crippen MR) is 95.9 cm³/mol. The lowest BCUT2D eigenvalue weighted by Crippen LogP contribution is -2.56. The van der Waals surface area contributed by atoms with E-state index in [0.717, 1.165) is 25.7 Å². The molecule has 2 aliphatic rings. The van der Waals surface area contributed by atoms with Crippen molar-refractivity contribution in [1.82, 2.24) is 9.62 Å². The van der Waals surface area contributed by atoms with Crippen molar-refractivity contribution in [2.45, 2.75) is 88.2 Å². The third kappa shape index (κ3) is 5.48. The SMILES string of the molecule is C[C@H](N)CCC(=O)C(NS(=O)(=O)C1CCCCC1)N1CCC[C@H]1C#N. The van der Waals surface area contributed by atoms with Gasteiger partial charge >= 0.3 is 0 Å². The maximum Gasteiger partial charge on any atom is 0.216 e. The van der Waals surface area contributed by atoms with Crippen molar-refractivity contribution < 1.29 is 13.2 Å². The predicted octanol–water partition coefficient (Wildman–Crippen LogP) is 1.25. The lowest BCUT2D eigenvalue weighted by molar-refractivity contribution is -0.125. The fourth-order valence-corrected chi connectivity index (χ4v) is 5.41. The first kappa shape index (κ1) is 20.3. The highest BCUT2D eigenvalue weighted by Gasteiger charge is 2.39. The van der Waals surface area contributed by atoms with Crippen molar-refractivity contribution in [3.63, 3.8) is 0 Å². The van der Waals surface area contributed by atoms with E-state index < -0.39 is 27.5 Å². The maximum atomic E-state index is 12.8. The second-order valence-electron chi connectivity index (χ2n) is 7.33. The molecule has 0 aromatic heterocycles. The molecule has 1 heterocycles. The molecular formula is C17H30N4O3S. The number of hydrogen-bond acceptors (Lipinski definition) is 6. The molecular weight excluding hydrogens is 340 g/mol. The number of nitrogens with zero attached hydrogens (tertiary/aromatic N) is 2. The zero-order valence-electron chi connectivity index (χ0n) is 15.0. The second-order valence-corrected chi connectivity index (χ2v) is 9.33. The third-order valence-electron chi connectivity index (χ3n) is 5.19. The van der Waals surface area contributed by atoms with Gasteiger partial charge in [0, 0.05) is 19.0 Å². The molecule has 142 valence electrons. The monoisotopic (exact) mass is 370 g/mol. The number of nitriles is 1. The number of nitrogens with one attached hydrogen (secondary N) is 1. The fourth-order valence-electron chi connectivity index (χ4n) is 3.69. The molecule has 0 radical (unpaired) electrons. The van der Waals surface area contributed by atoms with Gasteiger partial charge in [0.1, 0.15) is 6.17 Å². The molecule has 0 aromatic carbocycles. The first-order valence-electron chi connectivity index (χ1n) is 9.30. The average Bonchev–Trinajstić information content (AvgIpc) is 3.06. The number of nitrogens with two attached hydrogens (primary N) is 1. The van der Waals surface area contributed by atoms with E-state index in [4.69, 9.17) is 5.73 Å². The van der Waals surface area contributed by atoms with Crippen molar-refractivity contribution >= 4 is 15.8 Å². The molecule has 3 N–H and O–H groups in total. The van der Waals surface area contributed by atoms with Crippen LogP contribution >= 0.6 is 0 Å². The van der Waals surface area contributed by atoms with Crippen LogP contribution in [0.15, 0.2) is 0 Å². The van der Waals surface area contributed by atoms with Gasteiger partial charge < -0.3 is 5.73 Å². The number of carbonyl (C=O) groups excluding carboxylic acids is 1. The average molecular weight is 371 g/mol. The Morgan fingerprint density at radius 3 is 2.56 bits per heavy atom. The van der Waals surface area contributed by atoms with E-state index in [1.165, 1.54) is 0 Å². The lowest BCUT2D eigenvalue weighted by Gasteiger charge is -2.32. The van der Waals surface area contributed by atoms with Crippen LogP contribution in [-0.2, 0) is 14.8 Å². The topological polar surface area (TPSA) is 116 Å². The highest BCUT2D eigenvalue weighted by molar-refractivity contribution is 7.90. The summed E-state index contributed by atoms with van der Waals surface area (Å²) >= 11 is 0. The molecule has 0 spiro atoms. The van der Waals surface area contributed by atoms with Gasteiger partial charge in [-0.05, 0) is 39.0 Å². The Balaban J connectivity index is 2.15. The Kier molecular flexibility index (Phi) is 7.37. The number of hydrogen-bond donors (Lipinski definition) is 2. The number of carbonyl (C=O) groups is 1. The van der Waals surface area contributed by atoms with Crippen LogP contribution in [0.5, 0.6) is 0 Å². The summed E-state index contributed by atoms with van der Waals surface area (Å²) in [6.45, 7) is 2.38. The first-order valence-corrected chi connectivity index (χ1v) is 10.8. The molecule has 1 unspecified atom stereocenters. The zero-order chi connectivity index (χ0) is 18.4. The summed E-state index contributed by atoms with van der Waals surface area (Å²) in [4.78, 5) is 14.4. The van der Waals surface area contributed by atoms with Gasteiger partial charge in [-0.25, -0.2) is 8.42 Å². The first-order chi connectivity index (χ1) is 11.8. The minimum atomic E-state index is -3.59. The molecule has 8 heteroatoms. The van der Waals surface area contributed by atoms with Crippen LogP contribution in [0.25, 0.3) is 0 Å². The highest BCUT2D eigenvalue weighted by Crippen LogP contribution is 2.25.